The number of fused-ring (bicyclic) bond motifs is 1. The molecule has 25 heavy (non-hydrogen) atoms. The Morgan fingerprint density at radius 2 is 2.16 bits per heavy atom. The summed E-state index contributed by atoms with van der Waals surface area (Å²) in [6.45, 7) is 0.442. The van der Waals surface area contributed by atoms with E-state index in [2.05, 4.69) is 32.7 Å². The first-order valence-corrected chi connectivity index (χ1v) is 8.35. The van der Waals surface area contributed by atoms with Crippen molar-refractivity contribution < 1.29 is 4.79 Å². The minimum absolute atomic E-state index is 0.0953. The first-order valence-electron chi connectivity index (χ1n) is 8.35. The van der Waals surface area contributed by atoms with E-state index in [1.54, 1.807) is 18.7 Å². The predicted octanol–water partition coefficient (Wildman–Crippen LogP) is 2.75. The Kier molecular flexibility index (Phi) is 4.16. The Labute approximate surface area is 145 Å². The zero-order chi connectivity index (χ0) is 17.1. The van der Waals surface area contributed by atoms with E-state index in [0.717, 1.165) is 24.2 Å². The van der Waals surface area contributed by atoms with E-state index in [-0.39, 0.29) is 12.1 Å². The van der Waals surface area contributed by atoms with Crippen molar-refractivity contribution in [1.29, 1.82) is 0 Å². The molecule has 0 saturated carbocycles. The third kappa shape index (κ3) is 3.38. The number of nitrogens with one attached hydrogen (secondary N) is 2. The first kappa shape index (κ1) is 15.4. The van der Waals surface area contributed by atoms with Crippen LogP contribution in [0.1, 0.15) is 29.2 Å². The molecule has 1 unspecified atom stereocenters. The highest BCUT2D eigenvalue weighted by atomic mass is 16.2. The summed E-state index contributed by atoms with van der Waals surface area (Å²) >= 11 is 0. The molecule has 0 saturated heterocycles. The Morgan fingerprint density at radius 3 is 2.96 bits per heavy atom. The van der Waals surface area contributed by atoms with Gasteiger partial charge in [-0.05, 0) is 35.6 Å². The fraction of sp³-hybridized carbons (Fsp3) is 0.211. The molecule has 0 aliphatic heterocycles. The molecule has 1 atom stereocenters. The highest BCUT2D eigenvalue weighted by molar-refractivity contribution is 5.74. The first-order chi connectivity index (χ1) is 12.3. The van der Waals surface area contributed by atoms with Crippen LogP contribution in [0.4, 0.5) is 4.79 Å². The Hall–Kier alpha value is -3.15. The molecule has 126 valence electrons. The summed E-state index contributed by atoms with van der Waals surface area (Å²) in [5.74, 6) is 0.799. The quantitative estimate of drug-likeness (QED) is 0.771. The van der Waals surface area contributed by atoms with Crippen LogP contribution in [0.25, 0.3) is 5.82 Å². The largest absolute Gasteiger partial charge is 0.334 e. The second kappa shape index (κ2) is 6.76. The van der Waals surface area contributed by atoms with Crippen LogP contribution in [0.5, 0.6) is 0 Å². The van der Waals surface area contributed by atoms with Crippen LogP contribution < -0.4 is 10.6 Å². The maximum Gasteiger partial charge on any atom is 0.315 e. The highest BCUT2D eigenvalue weighted by Crippen LogP contribution is 2.30. The van der Waals surface area contributed by atoms with Crippen molar-refractivity contribution in [2.24, 2.45) is 0 Å². The summed E-state index contributed by atoms with van der Waals surface area (Å²) in [6.07, 6.45) is 8.98. The minimum Gasteiger partial charge on any atom is -0.334 e. The maximum absolute atomic E-state index is 12.2. The molecule has 0 fully saturated rings. The standard InChI is InChI=1S/C19H19N5O/c25-19(23-17-7-6-15-3-1-2-4-16(15)17)22-12-14-5-8-18(21-11-14)24-10-9-20-13-24/h1-5,8-11,13,17H,6-7,12H2,(H2,22,23,25). The van der Waals surface area contributed by atoms with Crippen LogP contribution in [0, 0.1) is 0 Å². The Morgan fingerprint density at radius 1 is 1.24 bits per heavy atom. The third-order valence-corrected chi connectivity index (χ3v) is 4.47. The van der Waals surface area contributed by atoms with Crippen LogP contribution in [0.15, 0.2) is 61.3 Å². The molecule has 0 radical (unpaired) electrons. The van der Waals surface area contributed by atoms with Gasteiger partial charge in [0.05, 0.1) is 6.04 Å². The van der Waals surface area contributed by atoms with Gasteiger partial charge >= 0.3 is 6.03 Å². The van der Waals surface area contributed by atoms with Gasteiger partial charge in [-0.2, -0.15) is 0 Å². The Bertz CT molecular complexity index is 858. The van der Waals surface area contributed by atoms with Crippen molar-refractivity contribution in [3.05, 3.63) is 78.0 Å². The van der Waals surface area contributed by atoms with Crippen LogP contribution >= 0.6 is 0 Å². The molecule has 1 aromatic carbocycles. The summed E-state index contributed by atoms with van der Waals surface area (Å²) < 4.78 is 1.83. The second-order valence-corrected chi connectivity index (χ2v) is 6.11. The van der Waals surface area contributed by atoms with Gasteiger partial charge in [0.2, 0.25) is 0 Å². The van der Waals surface area contributed by atoms with Crippen molar-refractivity contribution >= 4 is 6.03 Å². The minimum atomic E-state index is -0.152. The fourth-order valence-electron chi connectivity index (χ4n) is 3.17. The number of carbonyl (C=O) groups excluding carboxylic acids is 1. The molecule has 2 aromatic heterocycles. The van der Waals surface area contributed by atoms with Crippen LogP contribution in [-0.2, 0) is 13.0 Å². The fourth-order valence-corrected chi connectivity index (χ4v) is 3.17. The SMILES string of the molecule is O=C(NCc1ccc(-n2ccnc2)nc1)NC1CCc2ccccc21. The monoisotopic (exact) mass is 333 g/mol. The molecule has 2 N–H and O–H groups in total. The lowest BCUT2D eigenvalue weighted by Crippen LogP contribution is -2.36. The molecule has 6 nitrogen and oxygen atoms in total. The lowest BCUT2D eigenvalue weighted by atomic mass is 10.1. The van der Waals surface area contributed by atoms with Crippen molar-refractivity contribution in [2.45, 2.75) is 25.4 Å². The molecule has 1 aliphatic carbocycles. The van der Waals surface area contributed by atoms with E-state index in [1.807, 2.05) is 35.0 Å². The van der Waals surface area contributed by atoms with Crippen molar-refractivity contribution in [3.8, 4) is 5.82 Å². The van der Waals surface area contributed by atoms with E-state index in [0.29, 0.717) is 6.54 Å². The number of pyridine rings is 1. The van der Waals surface area contributed by atoms with Crippen molar-refractivity contribution in [2.75, 3.05) is 0 Å². The number of aromatic nitrogens is 3. The van der Waals surface area contributed by atoms with Gasteiger partial charge in [0.1, 0.15) is 12.1 Å². The second-order valence-electron chi connectivity index (χ2n) is 6.11. The number of carbonyl (C=O) groups is 1. The van der Waals surface area contributed by atoms with Gasteiger partial charge in [-0.25, -0.2) is 14.8 Å². The maximum atomic E-state index is 12.2. The summed E-state index contributed by atoms with van der Waals surface area (Å²) in [6, 6.07) is 12.1. The molecule has 2 heterocycles. The van der Waals surface area contributed by atoms with Gasteiger partial charge in [0, 0.05) is 25.1 Å². The third-order valence-electron chi connectivity index (χ3n) is 4.47. The number of rotatable bonds is 4. The topological polar surface area (TPSA) is 71.8 Å². The highest BCUT2D eigenvalue weighted by Gasteiger charge is 2.23. The van der Waals surface area contributed by atoms with E-state index in [9.17, 15) is 4.79 Å². The van der Waals surface area contributed by atoms with Crippen LogP contribution in [0.3, 0.4) is 0 Å². The number of hydrogen-bond donors (Lipinski definition) is 2. The zero-order valence-electron chi connectivity index (χ0n) is 13.7. The van der Waals surface area contributed by atoms with Gasteiger partial charge in [0.15, 0.2) is 0 Å². The lowest BCUT2D eigenvalue weighted by molar-refractivity contribution is 0.236. The van der Waals surface area contributed by atoms with Crippen LogP contribution in [-0.4, -0.2) is 20.6 Å². The zero-order valence-corrected chi connectivity index (χ0v) is 13.7. The number of aryl methyl sites for hydroxylation is 1. The number of urea groups is 1. The molecule has 6 heteroatoms. The Balaban J connectivity index is 1.32. The average molecular weight is 333 g/mol. The van der Waals surface area contributed by atoms with Gasteiger partial charge in [-0.1, -0.05) is 30.3 Å². The van der Waals surface area contributed by atoms with Gasteiger partial charge in [0.25, 0.3) is 0 Å². The van der Waals surface area contributed by atoms with Gasteiger partial charge < -0.3 is 10.6 Å². The average Bonchev–Trinajstić information content (AvgIpc) is 3.31. The molecular weight excluding hydrogens is 314 g/mol. The number of amides is 2. The molecule has 3 aromatic rings. The van der Waals surface area contributed by atoms with Crippen molar-refractivity contribution in [1.82, 2.24) is 25.2 Å². The summed E-state index contributed by atoms with van der Waals surface area (Å²) in [7, 11) is 0. The molecule has 0 bridgehead atoms. The number of nitrogens with zero attached hydrogens (tertiary/aromatic N) is 3. The molecule has 0 spiro atoms. The predicted molar refractivity (Wildman–Crippen MR) is 94.2 cm³/mol. The summed E-state index contributed by atoms with van der Waals surface area (Å²) in [4.78, 5) is 20.6. The van der Waals surface area contributed by atoms with Gasteiger partial charge in [-0.15, -0.1) is 0 Å². The molecular formula is C19H19N5O. The van der Waals surface area contributed by atoms with E-state index in [1.165, 1.54) is 11.1 Å². The van der Waals surface area contributed by atoms with Crippen LogP contribution in [0.2, 0.25) is 0 Å². The van der Waals surface area contributed by atoms with Crippen molar-refractivity contribution in [3.63, 3.8) is 0 Å². The number of hydrogen-bond acceptors (Lipinski definition) is 3. The molecule has 1 aliphatic rings. The van der Waals surface area contributed by atoms with Gasteiger partial charge in [-0.3, -0.25) is 4.57 Å². The van der Waals surface area contributed by atoms with E-state index in [4.69, 9.17) is 0 Å². The normalized spacial score (nSPS) is 15.6. The smallest absolute Gasteiger partial charge is 0.315 e. The summed E-state index contributed by atoms with van der Waals surface area (Å²) in [5.41, 5.74) is 3.50. The molecule has 4 rings (SSSR count). The lowest BCUT2D eigenvalue weighted by Gasteiger charge is -2.15. The summed E-state index contributed by atoms with van der Waals surface area (Å²) in [5, 5.41) is 5.96. The number of benzene rings is 1. The number of imidazole rings is 1. The molecule has 2 amide bonds. The van der Waals surface area contributed by atoms with E-state index < -0.39 is 0 Å². The van der Waals surface area contributed by atoms with E-state index >= 15 is 0 Å².